The van der Waals surface area contributed by atoms with E-state index in [1.165, 1.54) is 41.1 Å². The number of thiazole rings is 1. The van der Waals surface area contributed by atoms with Crippen LogP contribution in [-0.2, 0) is 30.2 Å². The molecule has 0 atom stereocenters. The molecule has 32 heavy (non-hydrogen) atoms. The minimum atomic E-state index is -4.52. The Kier molecular flexibility index (Phi) is 6.71. The van der Waals surface area contributed by atoms with E-state index >= 15 is 0 Å². The highest BCUT2D eigenvalue weighted by Gasteiger charge is 2.33. The number of benzene rings is 2. The van der Waals surface area contributed by atoms with Crippen molar-refractivity contribution in [2.75, 3.05) is 11.9 Å². The van der Waals surface area contributed by atoms with Crippen LogP contribution in [0.2, 0.25) is 5.02 Å². The van der Waals surface area contributed by atoms with Crippen molar-refractivity contribution in [2.24, 2.45) is 0 Å². The lowest BCUT2D eigenvalue weighted by molar-refractivity contribution is -0.137. The largest absolute Gasteiger partial charge is 0.484 e. The van der Waals surface area contributed by atoms with Crippen molar-refractivity contribution in [2.45, 2.75) is 38.3 Å². The van der Waals surface area contributed by atoms with Crippen molar-refractivity contribution in [1.29, 1.82) is 0 Å². The number of nitrogens with one attached hydrogen (secondary N) is 1. The van der Waals surface area contributed by atoms with Crippen LogP contribution in [-0.4, -0.2) is 17.5 Å². The maximum Gasteiger partial charge on any atom is 0.417 e. The number of aromatic nitrogens is 1. The van der Waals surface area contributed by atoms with Gasteiger partial charge in [-0.25, -0.2) is 4.98 Å². The molecule has 0 saturated carbocycles. The number of nitrogens with zero attached hydrogens (tertiary/aromatic N) is 1. The second kappa shape index (κ2) is 9.50. The molecule has 1 aliphatic carbocycles. The minimum absolute atomic E-state index is 0.153. The van der Waals surface area contributed by atoms with Crippen LogP contribution in [0.25, 0.3) is 0 Å². The van der Waals surface area contributed by atoms with Crippen molar-refractivity contribution in [1.82, 2.24) is 4.98 Å². The molecule has 9 heteroatoms. The Bertz CT molecular complexity index is 1130. The first-order chi connectivity index (χ1) is 15.3. The van der Waals surface area contributed by atoms with E-state index in [9.17, 15) is 18.0 Å². The molecule has 0 fully saturated rings. The van der Waals surface area contributed by atoms with Crippen LogP contribution >= 0.6 is 22.9 Å². The number of halogens is 4. The van der Waals surface area contributed by atoms with Gasteiger partial charge in [0, 0.05) is 17.5 Å². The fourth-order valence-corrected chi connectivity index (χ4v) is 4.74. The number of aryl methyl sites for hydroxylation is 2. The summed E-state index contributed by atoms with van der Waals surface area (Å²) >= 11 is 6.87. The van der Waals surface area contributed by atoms with Gasteiger partial charge in [0.05, 0.1) is 10.6 Å². The highest BCUT2D eigenvalue weighted by atomic mass is 35.5. The van der Waals surface area contributed by atoms with Crippen LogP contribution in [0.1, 0.15) is 40.0 Å². The van der Waals surface area contributed by atoms with E-state index in [2.05, 4.69) is 16.4 Å². The van der Waals surface area contributed by atoms with Crippen LogP contribution in [0.5, 0.6) is 5.75 Å². The van der Waals surface area contributed by atoms with Crippen molar-refractivity contribution in [3.05, 3.63) is 74.7 Å². The van der Waals surface area contributed by atoms with Crippen molar-refractivity contribution in [3.63, 3.8) is 0 Å². The minimum Gasteiger partial charge on any atom is -0.484 e. The number of alkyl halides is 3. The van der Waals surface area contributed by atoms with Crippen LogP contribution < -0.4 is 10.1 Å². The van der Waals surface area contributed by atoms with E-state index in [1.807, 2.05) is 12.1 Å². The van der Waals surface area contributed by atoms with Gasteiger partial charge < -0.3 is 4.74 Å². The Morgan fingerprint density at radius 1 is 1.12 bits per heavy atom. The Morgan fingerprint density at radius 3 is 2.69 bits per heavy atom. The molecule has 0 unspecified atom stereocenters. The topological polar surface area (TPSA) is 51.2 Å². The molecule has 0 bridgehead atoms. The summed E-state index contributed by atoms with van der Waals surface area (Å²) in [6.07, 6.45) is 1.74. The number of fused-ring (bicyclic) bond motifs is 1. The second-order valence-corrected chi connectivity index (χ2v) is 9.12. The van der Waals surface area contributed by atoms with Crippen LogP contribution in [0.4, 0.5) is 18.3 Å². The fraction of sp³-hybridized carbons (Fsp3) is 0.304. The lowest BCUT2D eigenvalue weighted by Gasteiger charge is -2.16. The zero-order chi connectivity index (χ0) is 22.7. The van der Waals surface area contributed by atoms with Crippen LogP contribution in [0.3, 0.4) is 0 Å². The molecule has 4 nitrogen and oxygen atoms in total. The summed E-state index contributed by atoms with van der Waals surface area (Å²) in [6, 6.07) is 9.73. The number of amides is 1. The number of carbonyl (C=O) groups is 1. The summed E-state index contributed by atoms with van der Waals surface area (Å²) in [7, 11) is 0. The molecule has 1 heterocycles. The normalized spacial score (nSPS) is 13.5. The molecular weight excluding hydrogens is 461 g/mol. The molecule has 1 N–H and O–H groups in total. The van der Waals surface area contributed by atoms with E-state index in [1.54, 1.807) is 6.07 Å². The first-order valence-corrected chi connectivity index (χ1v) is 11.3. The molecule has 0 saturated heterocycles. The van der Waals surface area contributed by atoms with E-state index < -0.39 is 11.7 Å². The maximum atomic E-state index is 13.0. The summed E-state index contributed by atoms with van der Waals surface area (Å²) in [6.45, 7) is -0.153. The Hall–Kier alpha value is -2.58. The second-order valence-electron chi connectivity index (χ2n) is 7.59. The van der Waals surface area contributed by atoms with Gasteiger partial charge in [0.1, 0.15) is 5.75 Å². The lowest BCUT2D eigenvalue weighted by Crippen LogP contribution is -2.20. The van der Waals surface area contributed by atoms with Gasteiger partial charge in [-0.3, -0.25) is 10.1 Å². The molecule has 1 amide bonds. The molecule has 4 rings (SSSR count). The molecular formula is C23H20ClF3N2O2S. The first kappa shape index (κ1) is 22.6. The zero-order valence-electron chi connectivity index (χ0n) is 17.0. The molecule has 1 aromatic heterocycles. The third-order valence-corrected chi connectivity index (χ3v) is 6.45. The van der Waals surface area contributed by atoms with Gasteiger partial charge in [-0.2, -0.15) is 13.2 Å². The van der Waals surface area contributed by atoms with Crippen molar-refractivity contribution < 1.29 is 22.7 Å². The van der Waals surface area contributed by atoms with Crippen LogP contribution in [0, 0.1) is 0 Å². The number of anilines is 1. The Balaban J connectivity index is 1.33. The fourth-order valence-electron chi connectivity index (χ4n) is 3.65. The van der Waals surface area contributed by atoms with Gasteiger partial charge in [-0.1, -0.05) is 23.7 Å². The smallest absolute Gasteiger partial charge is 0.417 e. The first-order valence-electron chi connectivity index (χ1n) is 10.1. The van der Waals surface area contributed by atoms with E-state index in [-0.39, 0.29) is 24.0 Å². The summed E-state index contributed by atoms with van der Waals surface area (Å²) in [5.41, 5.74) is 2.20. The summed E-state index contributed by atoms with van der Waals surface area (Å²) in [5.74, 6) is 0.304. The lowest BCUT2D eigenvalue weighted by atomic mass is 9.92. The quantitative estimate of drug-likeness (QED) is 0.450. The number of carbonyl (C=O) groups excluding carboxylic acids is 1. The molecule has 0 spiro atoms. The van der Waals surface area contributed by atoms with Gasteiger partial charge in [0.2, 0.25) is 0 Å². The third kappa shape index (κ3) is 5.61. The molecule has 2 aromatic carbocycles. The van der Waals surface area contributed by atoms with Gasteiger partial charge in [0.25, 0.3) is 5.91 Å². The summed E-state index contributed by atoms with van der Waals surface area (Å²) in [4.78, 5) is 17.1. The molecule has 3 aromatic rings. The average molecular weight is 481 g/mol. The molecule has 0 radical (unpaired) electrons. The van der Waals surface area contributed by atoms with Gasteiger partial charge in [0.15, 0.2) is 11.7 Å². The number of hydrogen-bond acceptors (Lipinski definition) is 4. The Labute approximate surface area is 192 Å². The monoisotopic (exact) mass is 480 g/mol. The van der Waals surface area contributed by atoms with Gasteiger partial charge in [-0.05, 0) is 66.6 Å². The molecule has 168 valence electrons. The maximum absolute atomic E-state index is 13.0. The highest BCUT2D eigenvalue weighted by Crippen LogP contribution is 2.36. The summed E-state index contributed by atoms with van der Waals surface area (Å²) < 4.78 is 44.7. The SMILES string of the molecule is O=C(COc1ccc2c(c1)CCCC2)Nc1ncc(Cc2ccc(Cl)c(C(F)(F)F)c2)s1. The predicted molar refractivity (Wildman–Crippen MR) is 119 cm³/mol. The predicted octanol–water partition coefficient (Wildman–Crippen LogP) is 6.30. The number of ether oxygens (including phenoxy) is 1. The number of hydrogen-bond donors (Lipinski definition) is 1. The van der Waals surface area contributed by atoms with Gasteiger partial charge >= 0.3 is 6.18 Å². The highest BCUT2D eigenvalue weighted by molar-refractivity contribution is 7.15. The Morgan fingerprint density at radius 2 is 1.91 bits per heavy atom. The zero-order valence-corrected chi connectivity index (χ0v) is 18.5. The van der Waals surface area contributed by atoms with Crippen LogP contribution in [0.15, 0.2) is 42.6 Å². The molecule has 1 aliphatic rings. The van der Waals surface area contributed by atoms with E-state index in [0.717, 1.165) is 25.3 Å². The van der Waals surface area contributed by atoms with Crippen molar-refractivity contribution in [3.8, 4) is 5.75 Å². The standard InChI is InChI=1S/C23H20ClF3N2O2S/c24-20-8-5-14(10-19(20)23(25,26)27)9-18-12-28-22(32-18)29-21(30)13-31-17-7-6-15-3-1-2-4-16(15)11-17/h5-8,10-12H,1-4,9,13H2,(H,28,29,30). The van der Waals surface area contributed by atoms with E-state index in [4.69, 9.17) is 16.3 Å². The summed E-state index contributed by atoms with van der Waals surface area (Å²) in [5, 5.41) is 2.70. The van der Waals surface area contributed by atoms with Crippen molar-refractivity contribution >= 4 is 34.0 Å². The van der Waals surface area contributed by atoms with Gasteiger partial charge in [-0.15, -0.1) is 11.3 Å². The average Bonchev–Trinajstić information content (AvgIpc) is 3.19. The molecule has 0 aliphatic heterocycles. The van der Waals surface area contributed by atoms with E-state index in [0.29, 0.717) is 21.3 Å². The number of rotatable bonds is 6. The third-order valence-electron chi connectivity index (χ3n) is 5.20.